The molecule has 0 bridgehead atoms. The van der Waals surface area contributed by atoms with Gasteiger partial charge in [0.2, 0.25) is 0 Å². The fourth-order valence-corrected chi connectivity index (χ4v) is 3.10. The lowest BCUT2D eigenvalue weighted by Gasteiger charge is -2.31. The van der Waals surface area contributed by atoms with E-state index in [2.05, 4.69) is 17.6 Å². The third-order valence-electron chi connectivity index (χ3n) is 4.17. The van der Waals surface area contributed by atoms with Crippen LogP contribution >= 0.6 is 0 Å². The van der Waals surface area contributed by atoms with Gasteiger partial charge < -0.3 is 15.4 Å². The standard InChI is InChI=1S/C14H28N2O/c1-2-17-14-7-5-13(6-8-14)16-11-12-4-3-9-15-10-12/h12-16H,2-11H2,1H3. The van der Waals surface area contributed by atoms with Crippen LogP contribution in [-0.4, -0.2) is 38.4 Å². The minimum absolute atomic E-state index is 0.536. The molecule has 1 heterocycles. The highest BCUT2D eigenvalue weighted by Crippen LogP contribution is 2.21. The van der Waals surface area contributed by atoms with Crippen LogP contribution < -0.4 is 10.6 Å². The Balaban J connectivity index is 1.57. The highest BCUT2D eigenvalue weighted by atomic mass is 16.5. The van der Waals surface area contributed by atoms with Crippen molar-refractivity contribution in [3.8, 4) is 0 Å². The summed E-state index contributed by atoms with van der Waals surface area (Å²) in [6.45, 7) is 6.60. The SMILES string of the molecule is CCOC1CCC(NCC2CCCNC2)CC1. The van der Waals surface area contributed by atoms with E-state index in [0.717, 1.165) is 18.6 Å². The zero-order chi connectivity index (χ0) is 11.9. The van der Waals surface area contributed by atoms with E-state index in [1.54, 1.807) is 0 Å². The first-order valence-electron chi connectivity index (χ1n) is 7.44. The maximum Gasteiger partial charge on any atom is 0.0576 e. The van der Waals surface area contributed by atoms with Crippen LogP contribution in [0.25, 0.3) is 0 Å². The van der Waals surface area contributed by atoms with E-state index >= 15 is 0 Å². The molecule has 3 nitrogen and oxygen atoms in total. The van der Waals surface area contributed by atoms with Gasteiger partial charge in [0.15, 0.2) is 0 Å². The molecule has 1 unspecified atom stereocenters. The van der Waals surface area contributed by atoms with Crippen LogP contribution in [0.2, 0.25) is 0 Å². The molecule has 0 radical (unpaired) electrons. The number of nitrogens with one attached hydrogen (secondary N) is 2. The van der Waals surface area contributed by atoms with Crippen molar-refractivity contribution in [2.45, 2.75) is 57.6 Å². The first kappa shape index (κ1) is 13.3. The molecule has 2 fully saturated rings. The van der Waals surface area contributed by atoms with Gasteiger partial charge in [-0.15, -0.1) is 0 Å². The molecule has 17 heavy (non-hydrogen) atoms. The van der Waals surface area contributed by atoms with Gasteiger partial charge in [-0.25, -0.2) is 0 Å². The molecule has 1 aliphatic heterocycles. The smallest absolute Gasteiger partial charge is 0.0576 e. The van der Waals surface area contributed by atoms with Gasteiger partial charge in [-0.3, -0.25) is 0 Å². The van der Waals surface area contributed by atoms with Crippen molar-refractivity contribution in [1.82, 2.24) is 10.6 Å². The summed E-state index contributed by atoms with van der Waals surface area (Å²) < 4.78 is 5.69. The molecule has 0 aromatic rings. The summed E-state index contributed by atoms with van der Waals surface area (Å²) in [7, 11) is 0. The van der Waals surface area contributed by atoms with Gasteiger partial charge in [0.1, 0.15) is 0 Å². The zero-order valence-electron chi connectivity index (χ0n) is 11.2. The Morgan fingerprint density at radius 2 is 2.00 bits per heavy atom. The molecule has 0 aromatic carbocycles. The van der Waals surface area contributed by atoms with Crippen molar-refractivity contribution in [1.29, 1.82) is 0 Å². The molecule has 0 spiro atoms. The van der Waals surface area contributed by atoms with Crippen LogP contribution in [-0.2, 0) is 4.74 Å². The molecule has 2 N–H and O–H groups in total. The fourth-order valence-electron chi connectivity index (χ4n) is 3.10. The van der Waals surface area contributed by atoms with Gasteiger partial charge in [0.05, 0.1) is 6.10 Å². The summed E-state index contributed by atoms with van der Waals surface area (Å²) in [6, 6.07) is 0.744. The van der Waals surface area contributed by atoms with Gasteiger partial charge in [0.25, 0.3) is 0 Å². The van der Waals surface area contributed by atoms with Crippen molar-refractivity contribution in [3.63, 3.8) is 0 Å². The van der Waals surface area contributed by atoms with Gasteiger partial charge in [0, 0.05) is 12.6 Å². The largest absolute Gasteiger partial charge is 0.379 e. The molecule has 0 aromatic heterocycles. The number of hydrogen-bond donors (Lipinski definition) is 2. The molecule has 100 valence electrons. The van der Waals surface area contributed by atoms with Crippen LogP contribution in [0.5, 0.6) is 0 Å². The Bertz CT molecular complexity index is 196. The second-order valence-corrected chi connectivity index (χ2v) is 5.55. The molecule has 1 aliphatic carbocycles. The first-order valence-corrected chi connectivity index (χ1v) is 7.44. The number of ether oxygens (including phenoxy) is 1. The van der Waals surface area contributed by atoms with E-state index in [1.807, 2.05) is 0 Å². The summed E-state index contributed by atoms with van der Waals surface area (Å²) in [4.78, 5) is 0. The monoisotopic (exact) mass is 240 g/mol. The van der Waals surface area contributed by atoms with Gasteiger partial charge in [-0.1, -0.05) is 0 Å². The summed E-state index contributed by atoms with van der Waals surface area (Å²) in [5.41, 5.74) is 0. The Kier molecular flexibility index (Phi) is 5.75. The highest BCUT2D eigenvalue weighted by Gasteiger charge is 2.22. The Morgan fingerprint density at radius 1 is 1.18 bits per heavy atom. The van der Waals surface area contributed by atoms with Crippen LogP contribution in [0, 0.1) is 5.92 Å². The van der Waals surface area contributed by atoms with E-state index in [0.29, 0.717) is 6.10 Å². The van der Waals surface area contributed by atoms with Crippen LogP contribution in [0.1, 0.15) is 45.4 Å². The number of rotatable bonds is 5. The minimum Gasteiger partial charge on any atom is -0.379 e. The zero-order valence-corrected chi connectivity index (χ0v) is 11.2. The lowest BCUT2D eigenvalue weighted by molar-refractivity contribution is 0.0300. The van der Waals surface area contributed by atoms with Crippen LogP contribution in [0.3, 0.4) is 0 Å². The Labute approximate surface area is 106 Å². The molecular formula is C14H28N2O. The highest BCUT2D eigenvalue weighted by molar-refractivity contribution is 4.79. The third-order valence-corrected chi connectivity index (χ3v) is 4.17. The second-order valence-electron chi connectivity index (χ2n) is 5.55. The lowest BCUT2D eigenvalue weighted by atomic mass is 9.92. The van der Waals surface area contributed by atoms with Crippen LogP contribution in [0.4, 0.5) is 0 Å². The Morgan fingerprint density at radius 3 is 2.65 bits per heavy atom. The minimum atomic E-state index is 0.536. The van der Waals surface area contributed by atoms with E-state index in [1.165, 1.54) is 58.2 Å². The van der Waals surface area contributed by atoms with Crippen molar-refractivity contribution in [3.05, 3.63) is 0 Å². The molecule has 2 aliphatic rings. The van der Waals surface area contributed by atoms with Crippen molar-refractivity contribution in [2.75, 3.05) is 26.2 Å². The van der Waals surface area contributed by atoms with Gasteiger partial charge in [-0.2, -0.15) is 0 Å². The average Bonchev–Trinajstić information content (AvgIpc) is 2.40. The molecule has 1 saturated heterocycles. The van der Waals surface area contributed by atoms with Crippen molar-refractivity contribution >= 4 is 0 Å². The van der Waals surface area contributed by atoms with Crippen molar-refractivity contribution < 1.29 is 4.74 Å². The average molecular weight is 240 g/mol. The van der Waals surface area contributed by atoms with Crippen molar-refractivity contribution in [2.24, 2.45) is 5.92 Å². The number of hydrogen-bond acceptors (Lipinski definition) is 3. The van der Waals surface area contributed by atoms with E-state index in [-0.39, 0.29) is 0 Å². The first-order chi connectivity index (χ1) is 8.38. The molecule has 1 saturated carbocycles. The maximum atomic E-state index is 5.69. The van der Waals surface area contributed by atoms with E-state index in [4.69, 9.17) is 4.74 Å². The molecule has 3 heteroatoms. The van der Waals surface area contributed by atoms with E-state index < -0.39 is 0 Å². The quantitative estimate of drug-likeness (QED) is 0.770. The summed E-state index contributed by atoms with van der Waals surface area (Å²) in [5.74, 6) is 0.855. The molecular weight excluding hydrogens is 212 g/mol. The predicted octanol–water partition coefficient (Wildman–Crippen LogP) is 1.92. The summed E-state index contributed by atoms with van der Waals surface area (Å²) >= 11 is 0. The number of piperidine rings is 1. The van der Waals surface area contributed by atoms with Gasteiger partial charge >= 0.3 is 0 Å². The normalized spacial score (nSPS) is 34.8. The Hall–Kier alpha value is -0.120. The topological polar surface area (TPSA) is 33.3 Å². The summed E-state index contributed by atoms with van der Waals surface area (Å²) in [5, 5.41) is 7.24. The summed E-state index contributed by atoms with van der Waals surface area (Å²) in [6.07, 6.45) is 8.37. The third kappa shape index (κ3) is 4.57. The van der Waals surface area contributed by atoms with Gasteiger partial charge in [-0.05, 0) is 71.0 Å². The lowest BCUT2D eigenvalue weighted by Crippen LogP contribution is -2.41. The molecule has 0 amide bonds. The van der Waals surface area contributed by atoms with Crippen LogP contribution in [0.15, 0.2) is 0 Å². The fraction of sp³-hybridized carbons (Fsp3) is 1.00. The molecule has 1 atom stereocenters. The second kappa shape index (κ2) is 7.34. The maximum absolute atomic E-state index is 5.69. The molecule has 2 rings (SSSR count). The predicted molar refractivity (Wildman–Crippen MR) is 71.3 cm³/mol. The van der Waals surface area contributed by atoms with E-state index in [9.17, 15) is 0 Å².